The van der Waals surface area contributed by atoms with Crippen molar-refractivity contribution in [3.8, 4) is 22.8 Å². The summed E-state index contributed by atoms with van der Waals surface area (Å²) in [5.41, 5.74) is 4.93. The lowest BCUT2D eigenvalue weighted by Crippen LogP contribution is -2.04. The Labute approximate surface area is 184 Å². The van der Waals surface area contributed by atoms with Crippen LogP contribution in [0.1, 0.15) is 11.1 Å². The zero-order valence-corrected chi connectivity index (χ0v) is 17.2. The highest BCUT2D eigenvalue weighted by Gasteiger charge is 2.14. The smallest absolute Gasteiger partial charge is 0.231 e. The maximum Gasteiger partial charge on any atom is 0.231 e. The van der Waals surface area contributed by atoms with Crippen LogP contribution < -0.4 is 14.8 Å². The van der Waals surface area contributed by atoms with Crippen LogP contribution in [0.5, 0.6) is 11.5 Å². The molecule has 1 aliphatic rings. The third kappa shape index (κ3) is 3.51. The Morgan fingerprint density at radius 2 is 1.81 bits per heavy atom. The van der Waals surface area contributed by atoms with Gasteiger partial charge in [0.05, 0.1) is 24.6 Å². The highest BCUT2D eigenvalue weighted by molar-refractivity contribution is 5.62. The fourth-order valence-electron chi connectivity index (χ4n) is 3.76. The van der Waals surface area contributed by atoms with Gasteiger partial charge < -0.3 is 14.8 Å². The van der Waals surface area contributed by atoms with Crippen molar-refractivity contribution in [3.63, 3.8) is 0 Å². The fourth-order valence-corrected chi connectivity index (χ4v) is 3.76. The van der Waals surface area contributed by atoms with E-state index in [1.807, 2.05) is 76.3 Å². The molecule has 8 nitrogen and oxygen atoms in total. The molecule has 0 amide bonds. The Balaban J connectivity index is 1.22. The topological polar surface area (TPSA) is 78.5 Å². The monoisotopic (exact) mass is 424 g/mol. The van der Waals surface area contributed by atoms with E-state index in [9.17, 15) is 0 Å². The number of hydrogen-bond donors (Lipinski definition) is 1. The van der Waals surface area contributed by atoms with E-state index >= 15 is 0 Å². The molecule has 0 unspecified atom stereocenters. The molecule has 0 aliphatic carbocycles. The van der Waals surface area contributed by atoms with Crippen LogP contribution in [0.25, 0.3) is 16.9 Å². The normalized spacial score (nSPS) is 12.4. The number of rotatable bonds is 6. The molecule has 6 rings (SSSR count). The van der Waals surface area contributed by atoms with E-state index in [1.54, 1.807) is 0 Å². The van der Waals surface area contributed by atoms with E-state index < -0.39 is 0 Å². The Kier molecular flexibility index (Phi) is 4.46. The van der Waals surface area contributed by atoms with Crippen LogP contribution in [0.4, 0.5) is 5.82 Å². The van der Waals surface area contributed by atoms with Gasteiger partial charge in [0.15, 0.2) is 17.1 Å². The van der Waals surface area contributed by atoms with E-state index in [0.717, 1.165) is 39.8 Å². The third-order valence-corrected chi connectivity index (χ3v) is 5.39. The highest BCUT2D eigenvalue weighted by Crippen LogP contribution is 2.32. The molecule has 0 radical (unpaired) electrons. The maximum absolute atomic E-state index is 5.46. The number of hydrogen-bond acceptors (Lipinski definition) is 6. The molecule has 1 N–H and O–H groups in total. The molecule has 4 heterocycles. The number of nitrogens with zero attached hydrogens (tertiary/aromatic N) is 5. The molecule has 0 spiro atoms. The fraction of sp³-hybridized carbons (Fsp3) is 0.125. The molecule has 32 heavy (non-hydrogen) atoms. The van der Waals surface area contributed by atoms with Gasteiger partial charge in [0.2, 0.25) is 6.79 Å². The average Bonchev–Trinajstić information content (AvgIpc) is 3.57. The van der Waals surface area contributed by atoms with Crippen LogP contribution in [0.15, 0.2) is 79.3 Å². The van der Waals surface area contributed by atoms with Gasteiger partial charge in [-0.1, -0.05) is 36.4 Å². The molecular formula is C24H20N6O2. The Bertz CT molecular complexity index is 1390. The van der Waals surface area contributed by atoms with Gasteiger partial charge in [-0.2, -0.15) is 5.10 Å². The minimum absolute atomic E-state index is 0.274. The van der Waals surface area contributed by atoms with Crippen molar-refractivity contribution in [2.24, 2.45) is 0 Å². The summed E-state index contributed by atoms with van der Waals surface area (Å²) in [6.07, 6.45) is 5.69. The Hall–Kier alpha value is -4.33. The van der Waals surface area contributed by atoms with Crippen LogP contribution in [0.2, 0.25) is 0 Å². The van der Waals surface area contributed by atoms with Crippen LogP contribution in [0, 0.1) is 0 Å². The first-order valence-corrected chi connectivity index (χ1v) is 10.4. The molecule has 0 saturated heterocycles. The molecule has 5 aromatic rings. The molecule has 2 aromatic carbocycles. The predicted molar refractivity (Wildman–Crippen MR) is 120 cm³/mol. The van der Waals surface area contributed by atoms with Crippen LogP contribution in [-0.2, 0) is 13.1 Å². The van der Waals surface area contributed by atoms with Crippen LogP contribution in [0.3, 0.4) is 0 Å². The number of fused-ring (bicyclic) bond motifs is 2. The standard InChI is InChI=1S/C24H20N6O2/c1-2-4-17(5-3-1)14-29-15-19(12-27-29)20-13-26-24-9-8-23(28-30(20)24)25-11-18-6-7-21-22(10-18)32-16-31-21/h1-10,12-13,15H,11,14,16H2,(H,25,28). The summed E-state index contributed by atoms with van der Waals surface area (Å²) >= 11 is 0. The summed E-state index contributed by atoms with van der Waals surface area (Å²) in [5.74, 6) is 2.31. The number of aromatic nitrogens is 5. The van der Waals surface area contributed by atoms with Crippen molar-refractivity contribution in [2.45, 2.75) is 13.1 Å². The van der Waals surface area contributed by atoms with Gasteiger partial charge in [0.1, 0.15) is 5.82 Å². The third-order valence-electron chi connectivity index (χ3n) is 5.39. The van der Waals surface area contributed by atoms with E-state index in [-0.39, 0.29) is 6.79 Å². The van der Waals surface area contributed by atoms with E-state index in [1.165, 1.54) is 5.56 Å². The lowest BCUT2D eigenvalue weighted by molar-refractivity contribution is 0.174. The summed E-state index contributed by atoms with van der Waals surface area (Å²) in [6.45, 7) is 1.61. The van der Waals surface area contributed by atoms with Crippen molar-refractivity contribution in [1.82, 2.24) is 24.4 Å². The van der Waals surface area contributed by atoms with Gasteiger partial charge in [-0.05, 0) is 35.4 Å². The van der Waals surface area contributed by atoms with Gasteiger partial charge >= 0.3 is 0 Å². The number of benzene rings is 2. The number of ether oxygens (including phenoxy) is 2. The number of anilines is 1. The molecule has 0 bridgehead atoms. The minimum atomic E-state index is 0.274. The van der Waals surface area contributed by atoms with Crippen molar-refractivity contribution >= 4 is 11.5 Å². The van der Waals surface area contributed by atoms with Gasteiger partial charge in [0.25, 0.3) is 0 Å². The highest BCUT2D eigenvalue weighted by atomic mass is 16.7. The first kappa shape index (κ1) is 18.4. The molecule has 1 aliphatic heterocycles. The largest absolute Gasteiger partial charge is 0.454 e. The summed E-state index contributed by atoms with van der Waals surface area (Å²) in [4.78, 5) is 4.49. The summed E-state index contributed by atoms with van der Waals surface area (Å²) in [6, 6.07) is 20.1. The lowest BCUT2D eigenvalue weighted by Gasteiger charge is -2.07. The van der Waals surface area contributed by atoms with Gasteiger partial charge in [-0.15, -0.1) is 5.10 Å². The Morgan fingerprint density at radius 3 is 2.75 bits per heavy atom. The first-order chi connectivity index (χ1) is 15.8. The lowest BCUT2D eigenvalue weighted by atomic mass is 10.2. The van der Waals surface area contributed by atoms with Crippen molar-refractivity contribution in [1.29, 1.82) is 0 Å². The summed E-state index contributed by atoms with van der Waals surface area (Å²) in [5, 5.41) is 12.6. The SMILES string of the molecule is c1ccc(Cn2cc(-c3cnc4ccc(NCc5ccc6c(c5)OCO6)nn34)cn2)cc1. The molecule has 0 fully saturated rings. The zero-order chi connectivity index (χ0) is 21.3. The molecule has 0 saturated carbocycles. The predicted octanol–water partition coefficient (Wildman–Crippen LogP) is 3.98. The molecule has 3 aromatic heterocycles. The van der Waals surface area contributed by atoms with E-state index in [0.29, 0.717) is 13.1 Å². The molecule has 158 valence electrons. The van der Waals surface area contributed by atoms with Crippen molar-refractivity contribution in [2.75, 3.05) is 12.1 Å². The first-order valence-electron chi connectivity index (χ1n) is 10.4. The van der Waals surface area contributed by atoms with E-state index in [2.05, 4.69) is 27.5 Å². The zero-order valence-electron chi connectivity index (χ0n) is 17.2. The molecule has 0 atom stereocenters. The van der Waals surface area contributed by atoms with Crippen molar-refractivity contribution < 1.29 is 9.47 Å². The average molecular weight is 424 g/mol. The quantitative estimate of drug-likeness (QED) is 0.444. The minimum Gasteiger partial charge on any atom is -0.454 e. The van der Waals surface area contributed by atoms with Crippen LogP contribution >= 0.6 is 0 Å². The van der Waals surface area contributed by atoms with Crippen LogP contribution in [-0.4, -0.2) is 31.2 Å². The number of nitrogens with one attached hydrogen (secondary N) is 1. The molecule has 8 heteroatoms. The van der Waals surface area contributed by atoms with Gasteiger partial charge in [-0.3, -0.25) is 4.68 Å². The summed E-state index contributed by atoms with van der Waals surface area (Å²) < 4.78 is 14.6. The second kappa shape index (κ2) is 7.73. The van der Waals surface area contributed by atoms with Crippen molar-refractivity contribution in [3.05, 3.63) is 90.4 Å². The Morgan fingerprint density at radius 1 is 0.906 bits per heavy atom. The maximum atomic E-state index is 5.46. The molecular weight excluding hydrogens is 404 g/mol. The second-order valence-corrected chi connectivity index (χ2v) is 7.59. The van der Waals surface area contributed by atoms with Gasteiger partial charge in [-0.25, -0.2) is 9.50 Å². The number of imidazole rings is 1. The van der Waals surface area contributed by atoms with E-state index in [4.69, 9.17) is 14.6 Å². The van der Waals surface area contributed by atoms with Gasteiger partial charge in [0, 0.05) is 18.3 Å². The summed E-state index contributed by atoms with van der Waals surface area (Å²) in [7, 11) is 0. The second-order valence-electron chi connectivity index (χ2n) is 7.59.